The van der Waals surface area contributed by atoms with Gasteiger partial charge in [0.2, 0.25) is 11.8 Å². The van der Waals surface area contributed by atoms with Gasteiger partial charge in [0.1, 0.15) is 0 Å². The molecule has 0 amide bonds. The van der Waals surface area contributed by atoms with Crippen LogP contribution in [0.5, 0.6) is 0 Å². The molecule has 1 N–H and O–H groups in total. The predicted octanol–water partition coefficient (Wildman–Crippen LogP) is 2.83. The van der Waals surface area contributed by atoms with Gasteiger partial charge >= 0.3 is 0 Å². The Bertz CT molecular complexity index is 730. The average molecular weight is 282 g/mol. The van der Waals surface area contributed by atoms with Crippen molar-refractivity contribution in [3.63, 3.8) is 0 Å². The van der Waals surface area contributed by atoms with E-state index in [4.69, 9.17) is 4.42 Å². The number of nitrogens with zero attached hydrogens (tertiary/aromatic N) is 3. The number of fused-ring (bicyclic) bond motifs is 1. The number of rotatable bonds is 5. The molecule has 0 unspecified atom stereocenters. The van der Waals surface area contributed by atoms with Gasteiger partial charge in [0, 0.05) is 36.2 Å². The molecule has 5 heteroatoms. The van der Waals surface area contributed by atoms with Gasteiger partial charge in [0.05, 0.1) is 5.52 Å². The van der Waals surface area contributed by atoms with Crippen molar-refractivity contribution < 1.29 is 4.42 Å². The Hall–Kier alpha value is -2.27. The van der Waals surface area contributed by atoms with E-state index in [0.717, 1.165) is 29.4 Å². The molecule has 0 radical (unpaired) electrons. The molecular weight excluding hydrogens is 264 g/mol. The van der Waals surface area contributed by atoms with Crippen LogP contribution in [0.3, 0.4) is 0 Å². The van der Waals surface area contributed by atoms with Crippen LogP contribution in [0.1, 0.15) is 19.7 Å². The highest BCUT2D eigenvalue weighted by atomic mass is 16.4. The van der Waals surface area contributed by atoms with Gasteiger partial charge < -0.3 is 9.73 Å². The van der Waals surface area contributed by atoms with Gasteiger partial charge in [-0.05, 0) is 12.1 Å². The third kappa shape index (κ3) is 3.08. The van der Waals surface area contributed by atoms with Crippen LogP contribution in [0.4, 0.5) is 0 Å². The van der Waals surface area contributed by atoms with Crippen molar-refractivity contribution in [1.29, 1.82) is 0 Å². The minimum absolute atomic E-state index is 0.455. The summed E-state index contributed by atoms with van der Waals surface area (Å²) in [5.74, 6) is 1.20. The Kier molecular flexibility index (Phi) is 3.92. The maximum atomic E-state index is 5.77. The largest absolute Gasteiger partial charge is 0.421 e. The first-order valence-electron chi connectivity index (χ1n) is 7.14. The first kappa shape index (κ1) is 13.7. The monoisotopic (exact) mass is 282 g/mol. The van der Waals surface area contributed by atoms with Gasteiger partial charge in [-0.15, -0.1) is 10.2 Å². The number of para-hydroxylation sites is 1. The summed E-state index contributed by atoms with van der Waals surface area (Å²) in [6, 6.07) is 10.3. The normalized spacial score (nSPS) is 11.4. The summed E-state index contributed by atoms with van der Waals surface area (Å²) in [5.41, 5.74) is 1.85. The first-order chi connectivity index (χ1) is 10.2. The Morgan fingerprint density at radius 2 is 2.00 bits per heavy atom. The lowest BCUT2D eigenvalue weighted by Crippen LogP contribution is -2.25. The van der Waals surface area contributed by atoms with Crippen molar-refractivity contribution in [2.75, 3.05) is 6.54 Å². The molecule has 0 aliphatic rings. The molecule has 108 valence electrons. The third-order valence-corrected chi connectivity index (χ3v) is 3.24. The van der Waals surface area contributed by atoms with Crippen molar-refractivity contribution in [2.45, 2.75) is 26.3 Å². The van der Waals surface area contributed by atoms with Gasteiger partial charge in [-0.2, -0.15) is 0 Å². The van der Waals surface area contributed by atoms with Crippen LogP contribution in [0.2, 0.25) is 0 Å². The number of pyridine rings is 1. The zero-order valence-corrected chi connectivity index (χ0v) is 12.2. The lowest BCUT2D eigenvalue weighted by atomic mass is 10.1. The summed E-state index contributed by atoms with van der Waals surface area (Å²) in [6.45, 7) is 5.06. The molecule has 0 aliphatic carbocycles. The summed E-state index contributed by atoms with van der Waals surface area (Å²) in [7, 11) is 0. The maximum absolute atomic E-state index is 5.77. The molecule has 2 aromatic heterocycles. The van der Waals surface area contributed by atoms with Crippen LogP contribution >= 0.6 is 0 Å². The number of hydrogen-bond donors (Lipinski definition) is 1. The second kappa shape index (κ2) is 6.01. The SMILES string of the molecule is CC(C)NCCc1nnc(-c2ccnc3ccccc23)o1. The van der Waals surface area contributed by atoms with E-state index in [0.29, 0.717) is 17.8 Å². The van der Waals surface area contributed by atoms with Crippen LogP contribution in [0, 0.1) is 0 Å². The zero-order valence-electron chi connectivity index (χ0n) is 12.2. The molecule has 0 atom stereocenters. The van der Waals surface area contributed by atoms with Crippen LogP contribution in [0.25, 0.3) is 22.4 Å². The molecular formula is C16H18N4O. The summed E-state index contributed by atoms with van der Waals surface area (Å²) in [4.78, 5) is 4.34. The highest BCUT2D eigenvalue weighted by molar-refractivity contribution is 5.91. The third-order valence-electron chi connectivity index (χ3n) is 3.24. The number of aromatic nitrogens is 3. The molecule has 21 heavy (non-hydrogen) atoms. The number of nitrogens with one attached hydrogen (secondary N) is 1. The fraction of sp³-hybridized carbons (Fsp3) is 0.312. The molecule has 2 heterocycles. The molecule has 1 aromatic carbocycles. The van der Waals surface area contributed by atoms with E-state index in [1.807, 2.05) is 30.3 Å². The Labute approximate surface area is 123 Å². The minimum Gasteiger partial charge on any atom is -0.421 e. The average Bonchev–Trinajstić information content (AvgIpc) is 2.95. The predicted molar refractivity (Wildman–Crippen MR) is 81.9 cm³/mol. The van der Waals surface area contributed by atoms with E-state index in [1.54, 1.807) is 6.20 Å². The maximum Gasteiger partial charge on any atom is 0.248 e. The zero-order chi connectivity index (χ0) is 14.7. The number of hydrogen-bond acceptors (Lipinski definition) is 5. The molecule has 0 fully saturated rings. The van der Waals surface area contributed by atoms with Crippen LogP contribution < -0.4 is 5.32 Å². The second-order valence-electron chi connectivity index (χ2n) is 5.24. The Balaban J connectivity index is 1.85. The van der Waals surface area contributed by atoms with Gasteiger partial charge in [0.25, 0.3) is 0 Å². The highest BCUT2D eigenvalue weighted by Crippen LogP contribution is 2.26. The van der Waals surface area contributed by atoms with Crippen molar-refractivity contribution in [2.24, 2.45) is 0 Å². The van der Waals surface area contributed by atoms with Crippen LogP contribution in [-0.2, 0) is 6.42 Å². The highest BCUT2D eigenvalue weighted by Gasteiger charge is 2.11. The second-order valence-corrected chi connectivity index (χ2v) is 5.24. The van der Waals surface area contributed by atoms with E-state index < -0.39 is 0 Å². The topological polar surface area (TPSA) is 63.8 Å². The first-order valence-corrected chi connectivity index (χ1v) is 7.14. The smallest absolute Gasteiger partial charge is 0.248 e. The lowest BCUT2D eigenvalue weighted by molar-refractivity contribution is 0.484. The van der Waals surface area contributed by atoms with Crippen molar-refractivity contribution >= 4 is 10.9 Å². The van der Waals surface area contributed by atoms with Gasteiger partial charge in [-0.25, -0.2) is 0 Å². The molecule has 0 bridgehead atoms. The molecule has 5 nitrogen and oxygen atoms in total. The number of benzene rings is 1. The lowest BCUT2D eigenvalue weighted by Gasteiger charge is -2.05. The fourth-order valence-electron chi connectivity index (χ4n) is 2.21. The van der Waals surface area contributed by atoms with E-state index in [2.05, 4.69) is 34.3 Å². The van der Waals surface area contributed by atoms with E-state index >= 15 is 0 Å². The van der Waals surface area contributed by atoms with Gasteiger partial charge in [-0.1, -0.05) is 32.0 Å². The molecule has 3 aromatic rings. The quantitative estimate of drug-likeness (QED) is 0.779. The Morgan fingerprint density at radius 3 is 2.86 bits per heavy atom. The van der Waals surface area contributed by atoms with E-state index in [1.165, 1.54) is 0 Å². The fourth-order valence-corrected chi connectivity index (χ4v) is 2.21. The van der Waals surface area contributed by atoms with Gasteiger partial charge in [0.15, 0.2) is 0 Å². The molecule has 0 saturated carbocycles. The summed E-state index contributed by atoms with van der Waals surface area (Å²) in [5, 5.41) is 12.6. The molecule has 0 aliphatic heterocycles. The van der Waals surface area contributed by atoms with Gasteiger partial charge in [-0.3, -0.25) is 4.98 Å². The molecule has 0 spiro atoms. The van der Waals surface area contributed by atoms with Crippen LogP contribution in [-0.4, -0.2) is 27.8 Å². The van der Waals surface area contributed by atoms with Crippen molar-refractivity contribution in [3.05, 3.63) is 42.4 Å². The van der Waals surface area contributed by atoms with E-state index in [9.17, 15) is 0 Å². The minimum atomic E-state index is 0.455. The van der Waals surface area contributed by atoms with Crippen LogP contribution in [0.15, 0.2) is 40.9 Å². The van der Waals surface area contributed by atoms with Crippen molar-refractivity contribution in [3.8, 4) is 11.5 Å². The summed E-state index contributed by atoms with van der Waals surface area (Å²) >= 11 is 0. The molecule has 0 saturated heterocycles. The Morgan fingerprint density at radius 1 is 1.14 bits per heavy atom. The molecule has 3 rings (SSSR count). The standard InChI is InChI=1S/C16H18N4O/c1-11(2)17-10-8-15-19-20-16(21-15)13-7-9-18-14-6-4-3-5-12(13)14/h3-7,9,11,17H,8,10H2,1-2H3. The summed E-state index contributed by atoms with van der Waals surface area (Å²) < 4.78 is 5.77. The van der Waals surface area contributed by atoms with Crippen molar-refractivity contribution in [1.82, 2.24) is 20.5 Å². The van der Waals surface area contributed by atoms with E-state index in [-0.39, 0.29) is 0 Å². The summed E-state index contributed by atoms with van der Waals surface area (Å²) in [6.07, 6.45) is 2.50.